The zero-order valence-electron chi connectivity index (χ0n) is 47.1. The van der Waals surface area contributed by atoms with Crippen LogP contribution in [-0.2, 0) is 27.1 Å². The van der Waals surface area contributed by atoms with Gasteiger partial charge in [-0.2, -0.15) is 0 Å². The Balaban J connectivity index is 1.01. The first kappa shape index (κ1) is 48.4. The van der Waals surface area contributed by atoms with Gasteiger partial charge >= 0.3 is 0 Å². The van der Waals surface area contributed by atoms with E-state index < -0.39 is 5.41 Å². The maximum atomic E-state index is 2.59. The molecule has 80 heavy (non-hydrogen) atoms. The quantitative estimate of drug-likeness (QED) is 0.160. The van der Waals surface area contributed by atoms with E-state index in [1.54, 1.807) is 0 Å². The first-order chi connectivity index (χ1) is 38.7. The molecule has 1 heteroatoms. The number of hydrogen-bond donors (Lipinski definition) is 0. The highest BCUT2D eigenvalue weighted by Crippen LogP contribution is 2.65. The number of nitrogens with zero attached hydrogens (tertiary/aromatic N) is 1. The summed E-state index contributed by atoms with van der Waals surface area (Å²) >= 11 is 0. The molecule has 0 radical (unpaired) electrons. The second-order valence-electron chi connectivity index (χ2n) is 25.5. The van der Waals surface area contributed by atoms with Gasteiger partial charge in [-0.25, -0.2) is 0 Å². The summed E-state index contributed by atoms with van der Waals surface area (Å²) in [6.07, 6.45) is 0. The topological polar surface area (TPSA) is 3.24 Å². The normalized spacial score (nSPS) is 17.4. The Bertz CT molecular complexity index is 4290. The van der Waals surface area contributed by atoms with Crippen molar-refractivity contribution in [2.24, 2.45) is 0 Å². The second-order valence-corrected chi connectivity index (χ2v) is 25.5. The van der Waals surface area contributed by atoms with Crippen molar-refractivity contribution in [3.63, 3.8) is 0 Å². The fraction of sp³-hybridized carbons (Fsp3) is 0.165. The molecule has 0 bridgehead atoms. The molecule has 0 N–H and O–H groups in total. The molecule has 386 valence electrons. The minimum Gasteiger partial charge on any atom is -0.310 e. The number of anilines is 3. The third-order valence-corrected chi connectivity index (χ3v) is 19.2. The first-order valence-corrected chi connectivity index (χ1v) is 28.7. The largest absolute Gasteiger partial charge is 0.310 e. The molecule has 0 heterocycles. The van der Waals surface area contributed by atoms with Crippen LogP contribution in [0.15, 0.2) is 249 Å². The summed E-state index contributed by atoms with van der Waals surface area (Å²) in [5, 5.41) is 0. The molecule has 11 aromatic rings. The zero-order chi connectivity index (χ0) is 54.5. The van der Waals surface area contributed by atoms with Gasteiger partial charge in [-0.3, -0.25) is 0 Å². The van der Waals surface area contributed by atoms with E-state index >= 15 is 0 Å². The fourth-order valence-corrected chi connectivity index (χ4v) is 15.0. The summed E-state index contributed by atoms with van der Waals surface area (Å²) in [7, 11) is 0. The molecule has 15 rings (SSSR count). The molecule has 1 nitrogen and oxygen atoms in total. The smallest absolute Gasteiger partial charge is 0.0726 e. The van der Waals surface area contributed by atoms with E-state index in [1.165, 1.54) is 122 Å². The maximum absolute atomic E-state index is 2.59. The van der Waals surface area contributed by atoms with Crippen LogP contribution in [-0.4, -0.2) is 0 Å². The predicted octanol–water partition coefficient (Wildman–Crippen LogP) is 20.4. The highest BCUT2D eigenvalue weighted by Gasteiger charge is 2.53. The van der Waals surface area contributed by atoms with Crippen molar-refractivity contribution in [2.75, 3.05) is 4.90 Å². The molecular weight excluding hydrogens is 963 g/mol. The van der Waals surface area contributed by atoms with Crippen LogP contribution in [0.5, 0.6) is 0 Å². The van der Waals surface area contributed by atoms with E-state index in [9.17, 15) is 0 Å². The number of benzene rings is 11. The van der Waals surface area contributed by atoms with Crippen LogP contribution in [0.25, 0.3) is 55.6 Å². The van der Waals surface area contributed by atoms with Gasteiger partial charge in [-0.05, 0) is 178 Å². The Morgan fingerprint density at radius 3 is 1.12 bits per heavy atom. The van der Waals surface area contributed by atoms with E-state index in [4.69, 9.17) is 0 Å². The molecule has 11 aromatic carbocycles. The lowest BCUT2D eigenvalue weighted by Crippen LogP contribution is -2.27. The SMILES string of the molecule is CC(C)(C)c1ccc2c(c1)C1(c3ccccc3-c3ccc(N(c4ccc5c(c4)C(C)(c4ccccc4)c4ccccc4-5)c4ccccc4-c4ccc5c(c4)C(C)(c4ccccc4)c4ccccc4-5)cc31)c1cc(C(C)(C)C)ccc1-2. The molecule has 4 aliphatic rings. The average molecular weight is 1030 g/mol. The van der Waals surface area contributed by atoms with Crippen molar-refractivity contribution in [3.05, 3.63) is 315 Å². The lowest BCUT2D eigenvalue weighted by atomic mass is 9.68. The third kappa shape index (κ3) is 6.64. The standard InChI is InChI=1S/C79H65N/c1-75(2,3)53-36-41-63-64-42-37-54(76(4,5)6)47-72(64)79(71(63)46-53)68-33-21-17-30-60(68)65-44-39-56(49-73(65)79)80(55-38-43-62-59-29-16-20-32-67(59)78(8,70(62)48-55)52-25-13-10-14-26-52)74-34-22-18-27-57(74)50-35-40-61-58-28-15-19-31-66(58)77(7,69(61)45-50)51-23-11-9-12-24-51/h9-49H,1-8H3. The van der Waals surface area contributed by atoms with Crippen LogP contribution in [0.4, 0.5) is 17.1 Å². The Hall–Kier alpha value is -8.78. The summed E-state index contributed by atoms with van der Waals surface area (Å²) in [6, 6.07) is 95.6. The molecule has 2 atom stereocenters. The number of rotatable bonds is 6. The van der Waals surface area contributed by atoms with Gasteiger partial charge in [-0.15, -0.1) is 0 Å². The molecule has 0 saturated heterocycles. The minimum absolute atomic E-state index is 0.0504. The summed E-state index contributed by atoms with van der Waals surface area (Å²) < 4.78 is 0. The van der Waals surface area contributed by atoms with Crippen LogP contribution in [0.1, 0.15) is 122 Å². The monoisotopic (exact) mass is 1030 g/mol. The molecular formula is C79H65N. The van der Waals surface area contributed by atoms with Gasteiger partial charge in [0.1, 0.15) is 0 Å². The highest BCUT2D eigenvalue weighted by atomic mass is 15.1. The zero-order valence-corrected chi connectivity index (χ0v) is 47.1. The van der Waals surface area contributed by atoms with Crippen LogP contribution in [0.2, 0.25) is 0 Å². The van der Waals surface area contributed by atoms with Crippen molar-refractivity contribution in [1.29, 1.82) is 0 Å². The van der Waals surface area contributed by atoms with Crippen LogP contribution in [0.3, 0.4) is 0 Å². The maximum Gasteiger partial charge on any atom is 0.0726 e. The van der Waals surface area contributed by atoms with Gasteiger partial charge in [0.2, 0.25) is 0 Å². The molecule has 4 aliphatic carbocycles. The van der Waals surface area contributed by atoms with E-state index in [2.05, 4.69) is 309 Å². The van der Waals surface area contributed by atoms with E-state index in [0.717, 1.165) is 17.1 Å². The van der Waals surface area contributed by atoms with E-state index in [-0.39, 0.29) is 21.7 Å². The lowest BCUT2D eigenvalue weighted by molar-refractivity contribution is 0.586. The lowest BCUT2D eigenvalue weighted by Gasteiger charge is -2.34. The highest BCUT2D eigenvalue weighted by molar-refractivity contribution is 5.99. The summed E-state index contributed by atoms with van der Waals surface area (Å²) in [5.74, 6) is 0. The Morgan fingerprint density at radius 2 is 0.625 bits per heavy atom. The van der Waals surface area contributed by atoms with Crippen molar-refractivity contribution in [3.8, 4) is 55.6 Å². The van der Waals surface area contributed by atoms with Crippen molar-refractivity contribution >= 4 is 17.1 Å². The fourth-order valence-electron chi connectivity index (χ4n) is 15.0. The number of fused-ring (bicyclic) bond motifs is 16. The average Bonchev–Trinajstić information content (AvgIpc) is 4.27. The van der Waals surface area contributed by atoms with Crippen molar-refractivity contribution in [2.45, 2.75) is 82.5 Å². The van der Waals surface area contributed by atoms with Crippen LogP contribution < -0.4 is 4.90 Å². The van der Waals surface area contributed by atoms with E-state index in [0.29, 0.717) is 0 Å². The molecule has 0 aliphatic heterocycles. The summed E-state index contributed by atoms with van der Waals surface area (Å²) in [4.78, 5) is 2.59. The number of para-hydroxylation sites is 1. The van der Waals surface area contributed by atoms with Crippen molar-refractivity contribution in [1.82, 2.24) is 0 Å². The third-order valence-electron chi connectivity index (χ3n) is 19.2. The molecule has 0 amide bonds. The van der Waals surface area contributed by atoms with Crippen molar-refractivity contribution < 1.29 is 0 Å². The molecule has 0 fully saturated rings. The van der Waals surface area contributed by atoms with Crippen LogP contribution in [0, 0.1) is 0 Å². The second kappa shape index (κ2) is 17.1. The van der Waals surface area contributed by atoms with Crippen LogP contribution >= 0.6 is 0 Å². The van der Waals surface area contributed by atoms with Gasteiger partial charge < -0.3 is 4.90 Å². The minimum atomic E-state index is -0.567. The van der Waals surface area contributed by atoms with E-state index in [1.807, 2.05) is 0 Å². The summed E-state index contributed by atoms with van der Waals surface area (Å²) in [5.41, 5.74) is 30.8. The van der Waals surface area contributed by atoms with Gasteiger partial charge in [0, 0.05) is 27.8 Å². The first-order valence-electron chi connectivity index (χ1n) is 28.7. The molecule has 0 saturated carbocycles. The predicted molar refractivity (Wildman–Crippen MR) is 335 cm³/mol. The Kier molecular flexibility index (Phi) is 10.3. The Morgan fingerprint density at radius 1 is 0.275 bits per heavy atom. The Labute approximate surface area is 472 Å². The molecule has 0 aromatic heterocycles. The van der Waals surface area contributed by atoms with Gasteiger partial charge in [0.25, 0.3) is 0 Å². The van der Waals surface area contributed by atoms with Gasteiger partial charge in [-0.1, -0.05) is 254 Å². The number of hydrogen-bond acceptors (Lipinski definition) is 1. The van der Waals surface area contributed by atoms with Gasteiger partial charge in [0.15, 0.2) is 0 Å². The molecule has 1 spiro atoms. The van der Waals surface area contributed by atoms with Gasteiger partial charge in [0.05, 0.1) is 11.1 Å². The summed E-state index contributed by atoms with van der Waals surface area (Å²) in [6.45, 7) is 19.0. The molecule has 2 unspecified atom stereocenters.